The maximum Gasteiger partial charge on any atom is 0.221 e. The lowest BCUT2D eigenvalue weighted by Crippen LogP contribution is -2.53. The first kappa shape index (κ1) is 20.7. The van der Waals surface area contributed by atoms with Crippen LogP contribution in [0.1, 0.15) is 51.5 Å². The van der Waals surface area contributed by atoms with Gasteiger partial charge in [0, 0.05) is 13.0 Å². The molecule has 1 unspecified atom stereocenters. The Balaban J connectivity index is 0.00000441. The third-order valence-electron chi connectivity index (χ3n) is 4.30. The van der Waals surface area contributed by atoms with Gasteiger partial charge in [0.05, 0.1) is 12.6 Å². The minimum atomic E-state index is -0.273. The third kappa shape index (κ3) is 5.50. The molecule has 0 spiro atoms. The number of nitrogens with one attached hydrogen (secondary N) is 1. The number of methoxy groups -OCH3 is 1. The highest BCUT2D eigenvalue weighted by Gasteiger charge is 2.26. The van der Waals surface area contributed by atoms with Crippen LogP contribution >= 0.6 is 12.4 Å². The number of carbonyl (C=O) groups is 1. The van der Waals surface area contributed by atoms with Gasteiger partial charge in [-0.3, -0.25) is 4.79 Å². The van der Waals surface area contributed by atoms with Gasteiger partial charge in [-0.1, -0.05) is 32.9 Å². The van der Waals surface area contributed by atoms with Crippen LogP contribution in [0.3, 0.4) is 0 Å². The Kier molecular flexibility index (Phi) is 9.14. The number of halogens is 1. The van der Waals surface area contributed by atoms with E-state index in [4.69, 9.17) is 10.5 Å². The fourth-order valence-corrected chi connectivity index (χ4v) is 2.46. The van der Waals surface area contributed by atoms with E-state index in [2.05, 4.69) is 26.1 Å². The van der Waals surface area contributed by atoms with Crippen LogP contribution in [-0.2, 0) is 4.79 Å². The van der Waals surface area contributed by atoms with Gasteiger partial charge in [-0.05, 0) is 36.5 Å². The quantitative estimate of drug-likeness (QED) is 0.770. The van der Waals surface area contributed by atoms with Crippen LogP contribution in [0.15, 0.2) is 24.3 Å². The maximum absolute atomic E-state index is 12.3. The van der Waals surface area contributed by atoms with Gasteiger partial charge in [0.1, 0.15) is 5.75 Å². The summed E-state index contributed by atoms with van der Waals surface area (Å²) in [6.07, 6.45) is 2.15. The highest BCUT2D eigenvalue weighted by atomic mass is 35.5. The number of rotatable bonds is 8. The monoisotopic (exact) mass is 328 g/mol. The molecular formula is C17H29ClN2O2. The first-order chi connectivity index (χ1) is 10.00. The van der Waals surface area contributed by atoms with Crippen LogP contribution in [0.25, 0.3) is 0 Å². The zero-order chi connectivity index (χ0) is 15.9. The van der Waals surface area contributed by atoms with Crippen molar-refractivity contribution in [3.05, 3.63) is 29.8 Å². The lowest BCUT2D eigenvalue weighted by atomic mass is 9.91. The predicted molar refractivity (Wildman–Crippen MR) is 93.8 cm³/mol. The fourth-order valence-electron chi connectivity index (χ4n) is 2.46. The summed E-state index contributed by atoms with van der Waals surface area (Å²) in [4.78, 5) is 12.3. The summed E-state index contributed by atoms with van der Waals surface area (Å²) in [5.41, 5.74) is 6.66. The van der Waals surface area contributed by atoms with Crippen LogP contribution in [0.5, 0.6) is 5.75 Å². The van der Waals surface area contributed by atoms with E-state index in [-0.39, 0.29) is 29.8 Å². The molecule has 0 saturated carbocycles. The van der Waals surface area contributed by atoms with E-state index >= 15 is 0 Å². The van der Waals surface area contributed by atoms with Crippen molar-refractivity contribution in [1.82, 2.24) is 5.32 Å². The molecule has 1 aromatic rings. The van der Waals surface area contributed by atoms with Gasteiger partial charge in [0.15, 0.2) is 0 Å². The molecule has 0 fully saturated rings. The second-order valence-corrected chi connectivity index (χ2v) is 5.62. The molecule has 0 heterocycles. The lowest BCUT2D eigenvalue weighted by Gasteiger charge is -2.32. The Labute approximate surface area is 140 Å². The summed E-state index contributed by atoms with van der Waals surface area (Å²) in [6, 6.07) is 7.86. The molecule has 0 bridgehead atoms. The van der Waals surface area contributed by atoms with E-state index in [9.17, 15) is 4.79 Å². The SMILES string of the molecule is CCC(CC)(CN)NC(=O)CC(C)c1cccc(OC)c1.Cl. The van der Waals surface area contributed by atoms with Crippen molar-refractivity contribution in [2.45, 2.75) is 51.5 Å². The van der Waals surface area contributed by atoms with Crippen molar-refractivity contribution in [3.8, 4) is 5.75 Å². The number of carbonyl (C=O) groups excluding carboxylic acids is 1. The summed E-state index contributed by atoms with van der Waals surface area (Å²) in [7, 11) is 1.65. The van der Waals surface area contributed by atoms with Crippen molar-refractivity contribution in [1.29, 1.82) is 0 Å². The normalized spacial score (nSPS) is 12.2. The highest BCUT2D eigenvalue weighted by molar-refractivity contribution is 5.85. The molecule has 1 amide bonds. The average molecular weight is 329 g/mol. The molecule has 22 heavy (non-hydrogen) atoms. The summed E-state index contributed by atoms with van der Waals surface area (Å²) in [6.45, 7) is 6.64. The topological polar surface area (TPSA) is 64.3 Å². The Morgan fingerprint density at radius 3 is 2.50 bits per heavy atom. The molecule has 126 valence electrons. The van der Waals surface area contributed by atoms with Crippen molar-refractivity contribution >= 4 is 18.3 Å². The fraction of sp³-hybridized carbons (Fsp3) is 0.588. The van der Waals surface area contributed by atoms with E-state index in [1.165, 1.54) is 0 Å². The lowest BCUT2D eigenvalue weighted by molar-refractivity contribution is -0.123. The van der Waals surface area contributed by atoms with Gasteiger partial charge in [-0.25, -0.2) is 0 Å². The average Bonchev–Trinajstić information content (AvgIpc) is 2.52. The molecule has 1 aromatic carbocycles. The summed E-state index contributed by atoms with van der Waals surface area (Å²) < 4.78 is 5.23. The molecule has 0 saturated heterocycles. The van der Waals surface area contributed by atoms with Gasteiger partial charge in [-0.2, -0.15) is 0 Å². The van der Waals surface area contributed by atoms with Crippen molar-refractivity contribution in [2.24, 2.45) is 5.73 Å². The molecule has 0 radical (unpaired) electrons. The molecule has 3 N–H and O–H groups in total. The zero-order valence-electron chi connectivity index (χ0n) is 14.0. The summed E-state index contributed by atoms with van der Waals surface area (Å²) >= 11 is 0. The second kappa shape index (κ2) is 9.70. The van der Waals surface area contributed by atoms with Crippen LogP contribution in [-0.4, -0.2) is 25.1 Å². The van der Waals surface area contributed by atoms with E-state index in [0.717, 1.165) is 24.2 Å². The standard InChI is InChI=1S/C17H28N2O2.ClH/c1-5-17(6-2,12-18)19-16(20)10-13(3)14-8-7-9-15(11-14)21-4;/h7-9,11,13H,5-6,10,12,18H2,1-4H3,(H,19,20);1H. The summed E-state index contributed by atoms with van der Waals surface area (Å²) in [5.74, 6) is 1.02. The van der Waals surface area contributed by atoms with Crippen LogP contribution in [0, 0.1) is 0 Å². The third-order valence-corrected chi connectivity index (χ3v) is 4.30. The van der Waals surface area contributed by atoms with E-state index in [1.54, 1.807) is 7.11 Å². The van der Waals surface area contributed by atoms with Gasteiger partial charge < -0.3 is 15.8 Å². The molecule has 0 aliphatic carbocycles. The highest BCUT2D eigenvalue weighted by Crippen LogP contribution is 2.24. The van der Waals surface area contributed by atoms with Gasteiger partial charge in [0.25, 0.3) is 0 Å². The first-order valence-corrected chi connectivity index (χ1v) is 7.65. The Hall–Kier alpha value is -1.26. The molecule has 0 aliphatic heterocycles. The van der Waals surface area contributed by atoms with Gasteiger partial charge >= 0.3 is 0 Å². The van der Waals surface area contributed by atoms with E-state index in [0.29, 0.717) is 13.0 Å². The maximum atomic E-state index is 12.3. The number of hydrogen-bond acceptors (Lipinski definition) is 3. The molecule has 1 atom stereocenters. The minimum Gasteiger partial charge on any atom is -0.497 e. The number of nitrogens with two attached hydrogens (primary N) is 1. The van der Waals surface area contributed by atoms with Crippen molar-refractivity contribution < 1.29 is 9.53 Å². The Bertz CT molecular complexity index is 453. The number of benzene rings is 1. The second-order valence-electron chi connectivity index (χ2n) is 5.62. The van der Waals surface area contributed by atoms with Crippen LogP contribution in [0.2, 0.25) is 0 Å². The number of amides is 1. The van der Waals surface area contributed by atoms with Gasteiger partial charge in [-0.15, -0.1) is 12.4 Å². The molecule has 1 rings (SSSR count). The number of hydrogen-bond donors (Lipinski definition) is 2. The Morgan fingerprint density at radius 1 is 1.36 bits per heavy atom. The first-order valence-electron chi connectivity index (χ1n) is 7.65. The van der Waals surface area contributed by atoms with Crippen molar-refractivity contribution in [2.75, 3.05) is 13.7 Å². The van der Waals surface area contributed by atoms with Gasteiger partial charge in [0.2, 0.25) is 5.91 Å². The minimum absolute atomic E-state index is 0. The molecule has 4 nitrogen and oxygen atoms in total. The molecule has 5 heteroatoms. The van der Waals surface area contributed by atoms with E-state index in [1.807, 2.05) is 24.3 Å². The molecule has 0 aliphatic rings. The zero-order valence-corrected chi connectivity index (χ0v) is 14.8. The van der Waals surface area contributed by atoms with Crippen molar-refractivity contribution in [3.63, 3.8) is 0 Å². The predicted octanol–water partition coefficient (Wildman–Crippen LogP) is 3.24. The van der Waals surface area contributed by atoms with Crippen LogP contribution in [0.4, 0.5) is 0 Å². The van der Waals surface area contributed by atoms with Crippen LogP contribution < -0.4 is 15.8 Å². The largest absolute Gasteiger partial charge is 0.497 e. The number of ether oxygens (including phenoxy) is 1. The smallest absolute Gasteiger partial charge is 0.221 e. The Morgan fingerprint density at radius 2 is 2.00 bits per heavy atom. The summed E-state index contributed by atoms with van der Waals surface area (Å²) in [5, 5.41) is 3.11. The molecular weight excluding hydrogens is 300 g/mol. The molecule has 0 aromatic heterocycles. The van der Waals surface area contributed by atoms with E-state index < -0.39 is 0 Å².